The monoisotopic (exact) mass is 284 g/mol. The molecule has 2 aromatic heterocycles. The molecule has 0 saturated heterocycles. The molecule has 0 aliphatic heterocycles. The van der Waals surface area contributed by atoms with E-state index in [4.69, 9.17) is 13.9 Å². The van der Waals surface area contributed by atoms with Gasteiger partial charge in [-0.15, -0.1) is 0 Å². The van der Waals surface area contributed by atoms with E-state index in [-0.39, 0.29) is 0 Å². The standard InChI is InChI=1S/C16H16N2O3/c1-3-8-20-15-7-4-11(10-17-15)16-18-13-6-5-12(19-2)9-14(13)21-16/h4-7,9-10H,3,8H2,1-2H3. The molecule has 0 spiro atoms. The summed E-state index contributed by atoms with van der Waals surface area (Å²) in [5.74, 6) is 1.89. The van der Waals surface area contributed by atoms with E-state index in [1.165, 1.54) is 0 Å². The van der Waals surface area contributed by atoms with Crippen LogP contribution in [0.4, 0.5) is 0 Å². The van der Waals surface area contributed by atoms with Gasteiger partial charge in [0.15, 0.2) is 5.58 Å². The molecule has 0 saturated carbocycles. The molecule has 0 aliphatic carbocycles. The number of hydrogen-bond donors (Lipinski definition) is 0. The van der Waals surface area contributed by atoms with Crippen LogP contribution in [0.15, 0.2) is 40.9 Å². The second-order valence-corrected chi connectivity index (χ2v) is 4.59. The molecule has 0 amide bonds. The number of aromatic nitrogens is 2. The highest BCUT2D eigenvalue weighted by Gasteiger charge is 2.09. The van der Waals surface area contributed by atoms with Gasteiger partial charge >= 0.3 is 0 Å². The van der Waals surface area contributed by atoms with Gasteiger partial charge in [-0.25, -0.2) is 9.97 Å². The average molecular weight is 284 g/mol. The van der Waals surface area contributed by atoms with Crippen molar-refractivity contribution in [3.05, 3.63) is 36.5 Å². The van der Waals surface area contributed by atoms with Gasteiger partial charge in [0, 0.05) is 18.3 Å². The van der Waals surface area contributed by atoms with Crippen LogP contribution in [-0.2, 0) is 0 Å². The van der Waals surface area contributed by atoms with Crippen LogP contribution in [0.25, 0.3) is 22.6 Å². The van der Waals surface area contributed by atoms with Crippen molar-refractivity contribution in [3.63, 3.8) is 0 Å². The van der Waals surface area contributed by atoms with Gasteiger partial charge in [0.05, 0.1) is 19.3 Å². The Morgan fingerprint density at radius 3 is 2.81 bits per heavy atom. The van der Waals surface area contributed by atoms with Crippen molar-refractivity contribution in [2.75, 3.05) is 13.7 Å². The Labute approximate surface area is 122 Å². The first kappa shape index (κ1) is 13.4. The van der Waals surface area contributed by atoms with E-state index in [9.17, 15) is 0 Å². The van der Waals surface area contributed by atoms with Crippen molar-refractivity contribution in [1.29, 1.82) is 0 Å². The van der Waals surface area contributed by atoms with E-state index in [0.717, 1.165) is 23.3 Å². The maximum Gasteiger partial charge on any atom is 0.228 e. The largest absolute Gasteiger partial charge is 0.497 e. The van der Waals surface area contributed by atoms with Gasteiger partial charge in [-0.05, 0) is 24.6 Å². The fraction of sp³-hybridized carbons (Fsp3) is 0.250. The van der Waals surface area contributed by atoms with Crippen LogP contribution in [0.1, 0.15) is 13.3 Å². The lowest BCUT2D eigenvalue weighted by atomic mass is 10.3. The lowest BCUT2D eigenvalue weighted by molar-refractivity contribution is 0.305. The maximum absolute atomic E-state index is 5.75. The van der Waals surface area contributed by atoms with E-state index < -0.39 is 0 Å². The second-order valence-electron chi connectivity index (χ2n) is 4.59. The van der Waals surface area contributed by atoms with Gasteiger partial charge < -0.3 is 13.9 Å². The molecule has 1 aromatic carbocycles. The van der Waals surface area contributed by atoms with E-state index in [0.29, 0.717) is 24.0 Å². The summed E-state index contributed by atoms with van der Waals surface area (Å²) in [7, 11) is 1.62. The molecule has 0 radical (unpaired) electrons. The SMILES string of the molecule is CCCOc1ccc(-c2nc3ccc(OC)cc3o2)cn1. The molecule has 0 N–H and O–H groups in total. The smallest absolute Gasteiger partial charge is 0.228 e. The summed E-state index contributed by atoms with van der Waals surface area (Å²) < 4.78 is 16.4. The minimum absolute atomic E-state index is 0.535. The quantitative estimate of drug-likeness (QED) is 0.715. The number of benzene rings is 1. The molecular formula is C16H16N2O3. The van der Waals surface area contributed by atoms with Crippen LogP contribution in [0.3, 0.4) is 0 Å². The summed E-state index contributed by atoms with van der Waals surface area (Å²) in [5, 5.41) is 0. The van der Waals surface area contributed by atoms with Crippen molar-refractivity contribution in [3.8, 4) is 23.1 Å². The molecule has 5 heteroatoms. The third-order valence-corrected chi connectivity index (χ3v) is 3.03. The highest BCUT2D eigenvalue weighted by atomic mass is 16.5. The highest BCUT2D eigenvalue weighted by molar-refractivity contribution is 5.77. The predicted octanol–water partition coefficient (Wildman–Crippen LogP) is 3.69. The number of rotatable bonds is 5. The third-order valence-electron chi connectivity index (χ3n) is 3.03. The molecule has 0 unspecified atom stereocenters. The topological polar surface area (TPSA) is 57.4 Å². The van der Waals surface area contributed by atoms with Crippen LogP contribution >= 0.6 is 0 Å². The average Bonchev–Trinajstić information content (AvgIpc) is 2.96. The summed E-state index contributed by atoms with van der Waals surface area (Å²) in [5.41, 5.74) is 2.29. The number of nitrogens with zero attached hydrogens (tertiary/aromatic N) is 2. The summed E-state index contributed by atoms with van der Waals surface area (Å²) in [6.07, 6.45) is 2.66. The Morgan fingerprint density at radius 1 is 1.19 bits per heavy atom. The van der Waals surface area contributed by atoms with Crippen LogP contribution in [0.2, 0.25) is 0 Å². The molecule has 0 aliphatic rings. The minimum Gasteiger partial charge on any atom is -0.497 e. The fourth-order valence-corrected chi connectivity index (χ4v) is 1.95. The number of fused-ring (bicyclic) bond motifs is 1. The van der Waals surface area contributed by atoms with Crippen LogP contribution < -0.4 is 9.47 Å². The Kier molecular flexibility index (Phi) is 3.73. The van der Waals surface area contributed by atoms with Crippen LogP contribution in [-0.4, -0.2) is 23.7 Å². The van der Waals surface area contributed by atoms with Gasteiger partial charge in [0.1, 0.15) is 11.3 Å². The molecule has 3 aromatic rings. The van der Waals surface area contributed by atoms with Gasteiger partial charge in [0.2, 0.25) is 11.8 Å². The first-order valence-electron chi connectivity index (χ1n) is 6.84. The maximum atomic E-state index is 5.75. The Balaban J connectivity index is 1.89. The normalized spacial score (nSPS) is 10.8. The van der Waals surface area contributed by atoms with Crippen molar-refractivity contribution in [2.45, 2.75) is 13.3 Å². The minimum atomic E-state index is 0.535. The zero-order valence-corrected chi connectivity index (χ0v) is 12.0. The number of ether oxygens (including phenoxy) is 2. The molecule has 5 nitrogen and oxygen atoms in total. The van der Waals surface area contributed by atoms with Gasteiger partial charge in [0.25, 0.3) is 0 Å². The third kappa shape index (κ3) is 2.81. The first-order valence-corrected chi connectivity index (χ1v) is 6.84. The number of hydrogen-bond acceptors (Lipinski definition) is 5. The number of pyridine rings is 1. The molecular weight excluding hydrogens is 268 g/mol. The Bertz CT molecular complexity index is 735. The zero-order chi connectivity index (χ0) is 14.7. The molecule has 108 valence electrons. The van der Waals surface area contributed by atoms with E-state index in [1.807, 2.05) is 30.3 Å². The van der Waals surface area contributed by atoms with Crippen molar-refractivity contribution in [2.24, 2.45) is 0 Å². The fourth-order valence-electron chi connectivity index (χ4n) is 1.95. The van der Waals surface area contributed by atoms with Crippen molar-refractivity contribution < 1.29 is 13.9 Å². The summed E-state index contributed by atoms with van der Waals surface area (Å²) >= 11 is 0. The van der Waals surface area contributed by atoms with E-state index in [2.05, 4.69) is 16.9 Å². The van der Waals surface area contributed by atoms with Crippen LogP contribution in [0.5, 0.6) is 11.6 Å². The van der Waals surface area contributed by atoms with E-state index >= 15 is 0 Å². The lowest BCUT2D eigenvalue weighted by Crippen LogP contribution is -1.96. The van der Waals surface area contributed by atoms with Crippen LogP contribution in [0, 0.1) is 0 Å². The predicted molar refractivity (Wildman–Crippen MR) is 79.6 cm³/mol. The number of oxazole rings is 1. The molecule has 0 fully saturated rings. The van der Waals surface area contributed by atoms with Gasteiger partial charge in [-0.2, -0.15) is 0 Å². The molecule has 3 rings (SSSR count). The van der Waals surface area contributed by atoms with Gasteiger partial charge in [-0.3, -0.25) is 0 Å². The Hall–Kier alpha value is -2.56. The lowest BCUT2D eigenvalue weighted by Gasteiger charge is -2.02. The number of methoxy groups -OCH3 is 1. The van der Waals surface area contributed by atoms with Gasteiger partial charge in [-0.1, -0.05) is 6.92 Å². The first-order chi connectivity index (χ1) is 10.3. The Morgan fingerprint density at radius 2 is 2.10 bits per heavy atom. The molecule has 2 heterocycles. The summed E-state index contributed by atoms with van der Waals surface area (Å²) in [6.45, 7) is 2.72. The van der Waals surface area contributed by atoms with E-state index in [1.54, 1.807) is 13.3 Å². The van der Waals surface area contributed by atoms with Crippen molar-refractivity contribution >= 4 is 11.1 Å². The molecule has 21 heavy (non-hydrogen) atoms. The second kappa shape index (κ2) is 5.83. The molecule has 0 bridgehead atoms. The van der Waals surface area contributed by atoms with Crippen molar-refractivity contribution in [1.82, 2.24) is 9.97 Å². The highest BCUT2D eigenvalue weighted by Crippen LogP contribution is 2.27. The zero-order valence-electron chi connectivity index (χ0n) is 12.0. The summed E-state index contributed by atoms with van der Waals surface area (Å²) in [4.78, 5) is 8.70. The summed E-state index contributed by atoms with van der Waals surface area (Å²) in [6, 6.07) is 9.25. The molecule has 0 atom stereocenters.